The van der Waals surface area contributed by atoms with E-state index >= 15 is 0 Å². The van der Waals surface area contributed by atoms with Gasteiger partial charge >= 0.3 is 0 Å². The van der Waals surface area contributed by atoms with Crippen molar-refractivity contribution in [2.75, 3.05) is 6.61 Å². The molecule has 0 bridgehead atoms. The third-order valence-electron chi connectivity index (χ3n) is 1.42. The van der Waals surface area contributed by atoms with Crippen molar-refractivity contribution >= 4 is 47.1 Å². The molecule has 0 amide bonds. The molecule has 0 unspecified atom stereocenters. The molecule has 0 aromatic carbocycles. The molecule has 0 aromatic heterocycles. The Kier molecular flexibility index (Phi) is 16.7. The van der Waals surface area contributed by atoms with Crippen molar-refractivity contribution in [2.45, 2.75) is 24.4 Å². The molecule has 14 heavy (non-hydrogen) atoms. The van der Waals surface area contributed by atoms with Gasteiger partial charge in [-0.05, 0) is 0 Å². The largest absolute Gasteiger partial charge is 0.394 e. The van der Waals surface area contributed by atoms with E-state index in [0.717, 1.165) is 5.37 Å². The topological polar surface area (TPSA) is 101 Å². The maximum Gasteiger partial charge on any atom is 0.113 e. The van der Waals surface area contributed by atoms with Crippen LogP contribution < -0.4 is 0 Å². The Morgan fingerprint density at radius 1 is 1.07 bits per heavy atom. The zero-order valence-electron chi connectivity index (χ0n) is 7.54. The van der Waals surface area contributed by atoms with Gasteiger partial charge in [0.25, 0.3) is 0 Å². The minimum absolute atomic E-state index is 0. The third kappa shape index (κ3) is 7.00. The molecule has 5 N–H and O–H groups in total. The monoisotopic (exact) mass is 416 g/mol. The average molecular weight is 416 g/mol. The van der Waals surface area contributed by atoms with Crippen LogP contribution in [0.5, 0.6) is 0 Å². The molecular weight excluding hydrogens is 404 g/mol. The van der Waals surface area contributed by atoms with E-state index in [1.54, 1.807) is 0 Å². The summed E-state index contributed by atoms with van der Waals surface area (Å²) in [6, 6.07) is 0. The van der Waals surface area contributed by atoms with Crippen molar-refractivity contribution < 1.29 is 47.9 Å². The van der Waals surface area contributed by atoms with Crippen LogP contribution in [0.3, 0.4) is 0 Å². The molecule has 0 rings (SSSR count). The van der Waals surface area contributed by atoms with E-state index in [1.807, 2.05) is 0 Å². The normalized spacial score (nSPS) is 18.1. The minimum atomic E-state index is -1.61. The van der Waals surface area contributed by atoms with Crippen molar-refractivity contribution in [3.05, 3.63) is 0 Å². The van der Waals surface area contributed by atoms with Gasteiger partial charge in [0.15, 0.2) is 0 Å². The van der Waals surface area contributed by atoms with Gasteiger partial charge in [-0.15, -0.1) is 0 Å². The third-order valence-corrected chi connectivity index (χ3v) is 1.70. The summed E-state index contributed by atoms with van der Waals surface area (Å²) in [5.74, 6) is 0. The van der Waals surface area contributed by atoms with E-state index in [0.29, 0.717) is 0 Å². The quantitative estimate of drug-likeness (QED) is 0.243. The predicted octanol–water partition coefficient (Wildman–Crippen LogP) is -2.96. The summed E-state index contributed by atoms with van der Waals surface area (Å²) in [7, 11) is 0. The van der Waals surface area contributed by atoms with Crippen LogP contribution in [0, 0.1) is 0 Å². The van der Waals surface area contributed by atoms with Gasteiger partial charge in [-0.2, -0.15) is 0 Å². The van der Waals surface area contributed by atoms with Crippen LogP contribution in [0.15, 0.2) is 0 Å². The summed E-state index contributed by atoms with van der Waals surface area (Å²) in [6.07, 6.45) is -6.06. The number of hydrogen-bond donors (Lipinski definition) is 5. The van der Waals surface area contributed by atoms with Gasteiger partial charge in [-0.1, -0.05) is 12.2 Å². The molecule has 0 saturated carbocycles. The molecular formula is C6H12AuNaO5S. The first-order valence-corrected chi connectivity index (χ1v) is 3.80. The Hall–Kier alpha value is 1.63. The van der Waals surface area contributed by atoms with E-state index in [2.05, 4.69) is 12.2 Å². The molecule has 0 fully saturated rings. The fraction of sp³-hybridized carbons (Fsp3) is 0.833. The molecule has 5 nitrogen and oxygen atoms in total. The maximum absolute atomic E-state index is 9.02. The summed E-state index contributed by atoms with van der Waals surface area (Å²) >= 11 is 4.30. The Morgan fingerprint density at radius 2 is 1.50 bits per heavy atom. The number of hydrogen-bond acceptors (Lipinski definition) is 6. The van der Waals surface area contributed by atoms with Crippen LogP contribution in [0.25, 0.3) is 0 Å². The smallest absolute Gasteiger partial charge is 0.113 e. The average Bonchev–Trinajstić information content (AvgIpc) is 2.12. The second kappa shape index (κ2) is 11.1. The summed E-state index contributed by atoms with van der Waals surface area (Å²) < 4.78 is 0. The number of aliphatic hydroxyl groups is 5. The summed E-state index contributed by atoms with van der Waals surface area (Å²) in [5.41, 5.74) is 0. The first kappa shape index (κ1) is 21.0. The van der Waals surface area contributed by atoms with Gasteiger partial charge in [0, 0.05) is 57.3 Å². The molecule has 0 aliphatic rings. The van der Waals surface area contributed by atoms with Crippen molar-refractivity contribution in [1.82, 2.24) is 0 Å². The molecule has 0 spiro atoms. The standard InChI is InChI=1S/C6H12O5S.Au.Na/c7-1-3(8)5(10)6(11)4(9)2-12;;/h2-11H,1H2;;/t3-,4+,5-,6-;;/m1../s1. The molecule has 4 atom stereocenters. The number of thiocarbonyl (C=S) groups is 1. The van der Waals surface area contributed by atoms with Crippen LogP contribution >= 0.6 is 12.2 Å². The van der Waals surface area contributed by atoms with Crippen molar-refractivity contribution in [2.24, 2.45) is 0 Å². The number of aliphatic hydroxyl groups excluding tert-OH is 5. The van der Waals surface area contributed by atoms with Crippen molar-refractivity contribution in [3.63, 3.8) is 0 Å². The van der Waals surface area contributed by atoms with E-state index in [9.17, 15) is 0 Å². The van der Waals surface area contributed by atoms with E-state index in [4.69, 9.17) is 25.5 Å². The van der Waals surface area contributed by atoms with Crippen molar-refractivity contribution in [3.8, 4) is 0 Å². The second-order valence-electron chi connectivity index (χ2n) is 2.36. The predicted molar refractivity (Wildman–Crippen MR) is 50.5 cm³/mol. The van der Waals surface area contributed by atoms with E-state index in [-0.39, 0.29) is 51.9 Å². The van der Waals surface area contributed by atoms with Crippen LogP contribution in [0.4, 0.5) is 0 Å². The molecule has 0 heterocycles. The van der Waals surface area contributed by atoms with Crippen LogP contribution in [-0.2, 0) is 22.4 Å². The molecule has 2 radical (unpaired) electrons. The van der Waals surface area contributed by atoms with Crippen LogP contribution in [0.2, 0.25) is 0 Å². The Bertz CT molecular complexity index is 152. The molecule has 0 aromatic rings. The summed E-state index contributed by atoms with van der Waals surface area (Å²) in [4.78, 5) is 0. The molecule has 8 heteroatoms. The first-order chi connectivity index (χ1) is 5.54. The fourth-order valence-corrected chi connectivity index (χ4v) is 0.779. The number of rotatable bonds is 5. The van der Waals surface area contributed by atoms with Gasteiger partial charge in [-0.25, -0.2) is 0 Å². The zero-order chi connectivity index (χ0) is 9.72. The van der Waals surface area contributed by atoms with Crippen molar-refractivity contribution in [1.29, 1.82) is 0 Å². The molecule has 0 saturated heterocycles. The van der Waals surface area contributed by atoms with Gasteiger partial charge in [0.1, 0.15) is 24.4 Å². The Morgan fingerprint density at radius 3 is 1.79 bits per heavy atom. The second-order valence-corrected chi connectivity index (χ2v) is 2.63. The molecule has 84 valence electrons. The fourth-order valence-electron chi connectivity index (χ4n) is 0.618. The Balaban J connectivity index is -0.000000605. The minimum Gasteiger partial charge on any atom is -0.394 e. The Labute approximate surface area is 125 Å². The van der Waals surface area contributed by atoms with E-state index < -0.39 is 31.0 Å². The van der Waals surface area contributed by atoms with Gasteiger partial charge in [0.05, 0.1) is 6.61 Å². The molecule has 0 aliphatic heterocycles. The summed E-state index contributed by atoms with van der Waals surface area (Å²) in [5, 5.41) is 44.9. The zero-order valence-corrected chi connectivity index (χ0v) is 12.5. The van der Waals surface area contributed by atoms with Gasteiger partial charge < -0.3 is 25.5 Å². The van der Waals surface area contributed by atoms with Crippen LogP contribution in [-0.4, -0.2) is 91.5 Å². The maximum atomic E-state index is 9.02. The van der Waals surface area contributed by atoms with E-state index in [1.165, 1.54) is 0 Å². The SMILES string of the molecule is OC[C@@H](O)[C@@H](O)[C@H](O)[C@@H](O)C=S.[Au].[Na]. The molecule has 0 aliphatic carbocycles. The summed E-state index contributed by atoms with van der Waals surface area (Å²) in [6.45, 7) is -0.692. The van der Waals surface area contributed by atoms with Gasteiger partial charge in [0.2, 0.25) is 0 Å². The van der Waals surface area contributed by atoms with Crippen LogP contribution in [0.1, 0.15) is 0 Å². The van der Waals surface area contributed by atoms with Gasteiger partial charge in [-0.3, -0.25) is 0 Å². The first-order valence-electron chi connectivity index (χ1n) is 3.33.